The zero-order valence-electron chi connectivity index (χ0n) is 12.3. The number of amides is 1. The molecule has 0 aliphatic rings. The van der Waals surface area contributed by atoms with E-state index in [0.717, 1.165) is 5.75 Å². The second-order valence-electron chi connectivity index (χ2n) is 4.57. The number of carbonyl (C=O) groups is 1. The largest absolute Gasteiger partial charge is 0.483 e. The summed E-state index contributed by atoms with van der Waals surface area (Å²) in [7, 11) is 0. The molecule has 0 fully saturated rings. The molecular formula is C15H18N4O2S. The van der Waals surface area contributed by atoms with E-state index in [1.165, 1.54) is 11.8 Å². The Morgan fingerprint density at radius 2 is 2.18 bits per heavy atom. The number of carbonyl (C=O) groups excluding carboxylic acids is 1. The summed E-state index contributed by atoms with van der Waals surface area (Å²) < 4.78 is 7.74. The maximum Gasteiger partial charge on any atom is 0.227 e. The van der Waals surface area contributed by atoms with Crippen LogP contribution in [0.5, 0.6) is 5.75 Å². The number of thioether (sulfide) groups is 1. The normalized spacial score (nSPS) is 11.9. The predicted octanol–water partition coefficient (Wildman–Crippen LogP) is 2.18. The zero-order chi connectivity index (χ0) is 15.9. The minimum atomic E-state index is -0.395. The number of hydrogen-bond donors (Lipinski definition) is 1. The number of primary amides is 1. The Balaban J connectivity index is 2.18. The Bertz CT molecular complexity index is 642. The van der Waals surface area contributed by atoms with Crippen molar-refractivity contribution in [1.82, 2.24) is 14.8 Å². The molecule has 2 N–H and O–H groups in total. The average Bonchev–Trinajstić information content (AvgIpc) is 2.89. The number of benzene rings is 1. The van der Waals surface area contributed by atoms with Gasteiger partial charge in [0, 0.05) is 6.54 Å². The summed E-state index contributed by atoms with van der Waals surface area (Å²) in [6.07, 6.45) is 1.47. The van der Waals surface area contributed by atoms with E-state index < -0.39 is 5.91 Å². The summed E-state index contributed by atoms with van der Waals surface area (Å²) in [5.74, 6) is 1.20. The standard InChI is InChI=1S/C15H18N4O2S/c1-3-9-19-14(17-18-15(19)22-10-13(16)20)11(2)21-12-7-5-4-6-8-12/h3-8,11H,1,9-10H2,2H3,(H2,16,20). The minimum Gasteiger partial charge on any atom is -0.483 e. The molecule has 2 rings (SSSR count). The van der Waals surface area contributed by atoms with E-state index in [9.17, 15) is 4.79 Å². The highest BCUT2D eigenvalue weighted by molar-refractivity contribution is 7.99. The van der Waals surface area contributed by atoms with Crippen LogP contribution in [-0.4, -0.2) is 26.4 Å². The van der Waals surface area contributed by atoms with Gasteiger partial charge in [-0.05, 0) is 19.1 Å². The maximum atomic E-state index is 10.9. The van der Waals surface area contributed by atoms with Crippen molar-refractivity contribution < 1.29 is 9.53 Å². The van der Waals surface area contributed by atoms with Gasteiger partial charge in [-0.25, -0.2) is 0 Å². The van der Waals surface area contributed by atoms with Crippen LogP contribution in [0.3, 0.4) is 0 Å². The van der Waals surface area contributed by atoms with Crippen LogP contribution in [0.2, 0.25) is 0 Å². The zero-order valence-corrected chi connectivity index (χ0v) is 13.1. The topological polar surface area (TPSA) is 83.0 Å². The fraction of sp³-hybridized carbons (Fsp3) is 0.267. The van der Waals surface area contributed by atoms with Crippen molar-refractivity contribution in [3.8, 4) is 5.75 Å². The molecule has 1 heterocycles. The van der Waals surface area contributed by atoms with Crippen molar-refractivity contribution >= 4 is 17.7 Å². The van der Waals surface area contributed by atoms with Gasteiger partial charge in [-0.1, -0.05) is 36.0 Å². The van der Waals surface area contributed by atoms with Crippen molar-refractivity contribution in [2.75, 3.05) is 5.75 Å². The van der Waals surface area contributed by atoms with Crippen molar-refractivity contribution in [2.24, 2.45) is 5.73 Å². The van der Waals surface area contributed by atoms with Crippen LogP contribution in [0.25, 0.3) is 0 Å². The first-order chi connectivity index (χ1) is 10.6. The fourth-order valence-corrected chi connectivity index (χ4v) is 2.59. The molecule has 6 nitrogen and oxygen atoms in total. The van der Waals surface area contributed by atoms with Gasteiger partial charge in [0.25, 0.3) is 0 Å². The molecule has 0 saturated heterocycles. The van der Waals surface area contributed by atoms with E-state index in [1.54, 1.807) is 6.08 Å². The number of ether oxygens (including phenoxy) is 1. The Morgan fingerprint density at radius 3 is 2.82 bits per heavy atom. The maximum absolute atomic E-state index is 10.9. The van der Waals surface area contributed by atoms with Gasteiger partial charge < -0.3 is 10.5 Å². The summed E-state index contributed by atoms with van der Waals surface area (Å²) in [6.45, 7) is 6.17. The highest BCUT2D eigenvalue weighted by Gasteiger charge is 2.19. The van der Waals surface area contributed by atoms with E-state index in [0.29, 0.717) is 17.5 Å². The quantitative estimate of drug-likeness (QED) is 0.596. The minimum absolute atomic E-state index is 0.156. The number of nitrogens with zero attached hydrogens (tertiary/aromatic N) is 3. The molecule has 0 bridgehead atoms. The molecule has 1 aromatic carbocycles. The molecule has 0 saturated carbocycles. The number of allylic oxidation sites excluding steroid dienone is 1. The third-order valence-electron chi connectivity index (χ3n) is 2.82. The molecule has 7 heteroatoms. The van der Waals surface area contributed by atoms with Crippen molar-refractivity contribution in [2.45, 2.75) is 24.7 Å². The van der Waals surface area contributed by atoms with Crippen LogP contribution in [0, 0.1) is 0 Å². The Kier molecular flexibility index (Phi) is 5.60. The van der Waals surface area contributed by atoms with Gasteiger partial charge in [-0.3, -0.25) is 9.36 Å². The molecule has 2 aromatic rings. The third kappa shape index (κ3) is 4.11. The van der Waals surface area contributed by atoms with Crippen molar-refractivity contribution in [3.63, 3.8) is 0 Å². The van der Waals surface area contributed by atoms with Crippen LogP contribution in [-0.2, 0) is 11.3 Å². The first-order valence-corrected chi connectivity index (χ1v) is 7.77. The van der Waals surface area contributed by atoms with Crippen LogP contribution in [0.15, 0.2) is 48.1 Å². The molecule has 1 amide bonds. The summed E-state index contributed by atoms with van der Waals surface area (Å²) in [4.78, 5) is 10.9. The van der Waals surface area contributed by atoms with Crippen LogP contribution >= 0.6 is 11.8 Å². The molecule has 0 spiro atoms. The molecule has 22 heavy (non-hydrogen) atoms. The van der Waals surface area contributed by atoms with Crippen molar-refractivity contribution in [1.29, 1.82) is 0 Å². The monoisotopic (exact) mass is 318 g/mol. The van der Waals surface area contributed by atoms with E-state index in [2.05, 4.69) is 16.8 Å². The highest BCUT2D eigenvalue weighted by atomic mass is 32.2. The summed E-state index contributed by atoms with van der Waals surface area (Å²) in [5.41, 5.74) is 5.17. The second-order valence-corrected chi connectivity index (χ2v) is 5.51. The predicted molar refractivity (Wildman–Crippen MR) is 85.6 cm³/mol. The van der Waals surface area contributed by atoms with Gasteiger partial charge >= 0.3 is 0 Å². The lowest BCUT2D eigenvalue weighted by Crippen LogP contribution is -2.15. The third-order valence-corrected chi connectivity index (χ3v) is 3.81. The summed E-state index contributed by atoms with van der Waals surface area (Å²) in [6, 6.07) is 9.51. The summed E-state index contributed by atoms with van der Waals surface area (Å²) in [5, 5.41) is 8.91. The number of nitrogens with two attached hydrogens (primary N) is 1. The van der Waals surface area contributed by atoms with E-state index >= 15 is 0 Å². The van der Waals surface area contributed by atoms with Crippen LogP contribution in [0.1, 0.15) is 18.9 Å². The van der Waals surface area contributed by atoms with Crippen LogP contribution in [0.4, 0.5) is 0 Å². The lowest BCUT2D eigenvalue weighted by molar-refractivity contribution is -0.115. The van der Waals surface area contributed by atoms with Gasteiger partial charge in [-0.15, -0.1) is 16.8 Å². The number of aromatic nitrogens is 3. The number of rotatable bonds is 8. The first-order valence-electron chi connectivity index (χ1n) is 6.78. The molecule has 1 unspecified atom stereocenters. The molecule has 0 radical (unpaired) electrons. The van der Waals surface area contributed by atoms with Gasteiger partial charge in [-0.2, -0.15) is 0 Å². The Morgan fingerprint density at radius 1 is 1.45 bits per heavy atom. The van der Waals surface area contributed by atoms with Crippen LogP contribution < -0.4 is 10.5 Å². The fourth-order valence-electron chi connectivity index (χ4n) is 1.90. The second kappa shape index (κ2) is 7.65. The average molecular weight is 318 g/mol. The van der Waals surface area contributed by atoms with E-state index in [4.69, 9.17) is 10.5 Å². The highest BCUT2D eigenvalue weighted by Crippen LogP contribution is 2.24. The first kappa shape index (κ1) is 16.1. The molecule has 0 aliphatic carbocycles. The summed E-state index contributed by atoms with van der Waals surface area (Å²) >= 11 is 1.25. The number of hydrogen-bond acceptors (Lipinski definition) is 5. The molecule has 1 atom stereocenters. The molecule has 116 valence electrons. The SMILES string of the molecule is C=CCn1c(SCC(N)=O)nnc1C(C)Oc1ccccc1. The van der Waals surface area contributed by atoms with Gasteiger partial charge in [0.1, 0.15) is 5.75 Å². The van der Waals surface area contributed by atoms with Gasteiger partial charge in [0.05, 0.1) is 5.75 Å². The molecule has 0 aliphatic heterocycles. The molecular weight excluding hydrogens is 300 g/mol. The lowest BCUT2D eigenvalue weighted by atomic mass is 10.3. The molecule has 1 aromatic heterocycles. The van der Waals surface area contributed by atoms with Gasteiger partial charge in [0.2, 0.25) is 5.91 Å². The smallest absolute Gasteiger partial charge is 0.227 e. The Labute approximate surface area is 133 Å². The lowest BCUT2D eigenvalue weighted by Gasteiger charge is -2.15. The Hall–Kier alpha value is -2.28. The van der Waals surface area contributed by atoms with E-state index in [-0.39, 0.29) is 11.9 Å². The van der Waals surface area contributed by atoms with Gasteiger partial charge in [0.15, 0.2) is 17.1 Å². The van der Waals surface area contributed by atoms with E-state index in [1.807, 2.05) is 41.8 Å². The van der Waals surface area contributed by atoms with Crippen molar-refractivity contribution in [3.05, 3.63) is 48.8 Å². The number of para-hydroxylation sites is 1.